The fourth-order valence-electron chi connectivity index (χ4n) is 2.51. The van der Waals surface area contributed by atoms with Crippen molar-refractivity contribution >= 4 is 11.4 Å². The lowest BCUT2D eigenvalue weighted by atomic mass is 10.1. The van der Waals surface area contributed by atoms with Crippen LogP contribution in [-0.2, 0) is 6.42 Å². The van der Waals surface area contributed by atoms with E-state index in [0.717, 1.165) is 30.5 Å². The summed E-state index contributed by atoms with van der Waals surface area (Å²) in [5.74, 6) is 0. The maximum Gasteiger partial charge on any atom is 0.274 e. The van der Waals surface area contributed by atoms with Crippen LogP contribution in [0.5, 0.6) is 0 Å². The molecular formula is C13H19N3O2. The first kappa shape index (κ1) is 12.8. The smallest absolute Gasteiger partial charge is 0.274 e. The summed E-state index contributed by atoms with van der Waals surface area (Å²) >= 11 is 0. The number of nitro groups is 1. The van der Waals surface area contributed by atoms with E-state index >= 15 is 0 Å². The van der Waals surface area contributed by atoms with Gasteiger partial charge < -0.3 is 11.1 Å². The van der Waals surface area contributed by atoms with Crippen LogP contribution in [0.4, 0.5) is 11.4 Å². The van der Waals surface area contributed by atoms with Crippen molar-refractivity contribution in [3.63, 3.8) is 0 Å². The molecular weight excluding hydrogens is 230 g/mol. The van der Waals surface area contributed by atoms with Gasteiger partial charge in [-0.15, -0.1) is 0 Å². The summed E-state index contributed by atoms with van der Waals surface area (Å²) in [6.07, 6.45) is 3.66. The van der Waals surface area contributed by atoms with E-state index < -0.39 is 0 Å². The van der Waals surface area contributed by atoms with Crippen LogP contribution in [0.3, 0.4) is 0 Å². The maximum absolute atomic E-state index is 11.0. The highest BCUT2D eigenvalue weighted by molar-refractivity contribution is 5.55. The number of hydrogen-bond donors (Lipinski definition) is 2. The zero-order chi connectivity index (χ0) is 13.1. The SMILES string of the molecule is CCc1ccc(NC2CCC(N)C2)cc1[N+](=O)[O-]. The monoisotopic (exact) mass is 249 g/mol. The molecule has 5 nitrogen and oxygen atoms in total. The van der Waals surface area contributed by atoms with Gasteiger partial charge in [-0.1, -0.05) is 13.0 Å². The predicted octanol–water partition coefficient (Wildman–Crippen LogP) is 2.45. The number of nitrogens with zero attached hydrogens (tertiary/aromatic N) is 1. The zero-order valence-corrected chi connectivity index (χ0v) is 10.6. The number of anilines is 1. The van der Waals surface area contributed by atoms with E-state index in [1.807, 2.05) is 19.1 Å². The van der Waals surface area contributed by atoms with Gasteiger partial charge in [0.2, 0.25) is 0 Å². The molecule has 0 radical (unpaired) electrons. The van der Waals surface area contributed by atoms with Crippen LogP contribution in [0.15, 0.2) is 18.2 Å². The zero-order valence-electron chi connectivity index (χ0n) is 10.6. The molecule has 5 heteroatoms. The highest BCUT2D eigenvalue weighted by Gasteiger charge is 2.22. The largest absolute Gasteiger partial charge is 0.382 e. The first-order valence-electron chi connectivity index (χ1n) is 6.39. The van der Waals surface area contributed by atoms with E-state index in [1.54, 1.807) is 6.07 Å². The second-order valence-corrected chi connectivity index (χ2v) is 4.87. The minimum absolute atomic E-state index is 0.199. The first-order valence-corrected chi connectivity index (χ1v) is 6.39. The number of nitrogens with one attached hydrogen (secondary N) is 1. The molecule has 0 bridgehead atoms. The van der Waals surface area contributed by atoms with E-state index in [0.29, 0.717) is 12.5 Å². The van der Waals surface area contributed by atoms with Gasteiger partial charge in [0, 0.05) is 29.4 Å². The number of rotatable bonds is 4. The number of nitrogens with two attached hydrogens (primary N) is 1. The Hall–Kier alpha value is -1.62. The normalized spacial score (nSPS) is 23.0. The van der Waals surface area contributed by atoms with Crippen molar-refractivity contribution in [1.29, 1.82) is 0 Å². The average Bonchev–Trinajstić information content (AvgIpc) is 2.74. The molecule has 0 saturated heterocycles. The summed E-state index contributed by atoms with van der Waals surface area (Å²) in [6, 6.07) is 5.97. The number of benzene rings is 1. The molecule has 1 saturated carbocycles. The van der Waals surface area contributed by atoms with Gasteiger partial charge in [0.05, 0.1) is 4.92 Å². The van der Waals surface area contributed by atoms with Crippen molar-refractivity contribution in [3.8, 4) is 0 Å². The lowest BCUT2D eigenvalue weighted by molar-refractivity contribution is -0.385. The Morgan fingerprint density at radius 2 is 2.28 bits per heavy atom. The Morgan fingerprint density at radius 1 is 1.50 bits per heavy atom. The van der Waals surface area contributed by atoms with Crippen LogP contribution in [-0.4, -0.2) is 17.0 Å². The summed E-state index contributed by atoms with van der Waals surface area (Å²) in [4.78, 5) is 10.7. The Balaban J connectivity index is 2.14. The van der Waals surface area contributed by atoms with Crippen molar-refractivity contribution in [2.45, 2.75) is 44.7 Å². The molecule has 2 atom stereocenters. The van der Waals surface area contributed by atoms with Crippen molar-refractivity contribution in [2.24, 2.45) is 5.73 Å². The summed E-state index contributed by atoms with van der Waals surface area (Å²) < 4.78 is 0. The molecule has 18 heavy (non-hydrogen) atoms. The third kappa shape index (κ3) is 2.79. The highest BCUT2D eigenvalue weighted by Crippen LogP contribution is 2.27. The number of nitro benzene ring substituents is 1. The quantitative estimate of drug-likeness (QED) is 0.634. The molecule has 1 fully saturated rings. The molecule has 1 aromatic rings. The predicted molar refractivity (Wildman–Crippen MR) is 71.7 cm³/mol. The van der Waals surface area contributed by atoms with Crippen molar-refractivity contribution < 1.29 is 4.92 Å². The van der Waals surface area contributed by atoms with Gasteiger partial charge in [-0.05, 0) is 31.7 Å². The van der Waals surface area contributed by atoms with Crippen LogP contribution in [0.2, 0.25) is 0 Å². The van der Waals surface area contributed by atoms with Crippen LogP contribution < -0.4 is 11.1 Å². The molecule has 3 N–H and O–H groups in total. The second kappa shape index (κ2) is 5.35. The fourth-order valence-corrected chi connectivity index (χ4v) is 2.51. The summed E-state index contributed by atoms with van der Waals surface area (Å²) in [5.41, 5.74) is 7.64. The Morgan fingerprint density at radius 3 is 2.83 bits per heavy atom. The third-order valence-electron chi connectivity index (χ3n) is 3.51. The Bertz CT molecular complexity index is 448. The molecule has 2 unspecified atom stereocenters. The van der Waals surface area contributed by atoms with Gasteiger partial charge in [0.25, 0.3) is 5.69 Å². The van der Waals surface area contributed by atoms with Crippen molar-refractivity contribution in [3.05, 3.63) is 33.9 Å². The Labute approximate surface area is 107 Å². The molecule has 0 aromatic heterocycles. The van der Waals surface area contributed by atoms with Crippen LogP contribution in [0, 0.1) is 10.1 Å². The first-order chi connectivity index (χ1) is 8.60. The maximum atomic E-state index is 11.0. The lowest BCUT2D eigenvalue weighted by Gasteiger charge is -2.14. The molecule has 1 aliphatic rings. The number of hydrogen-bond acceptors (Lipinski definition) is 4. The van der Waals surface area contributed by atoms with Gasteiger partial charge in [-0.25, -0.2) is 0 Å². The van der Waals surface area contributed by atoms with Crippen LogP contribution >= 0.6 is 0 Å². The molecule has 98 valence electrons. The minimum Gasteiger partial charge on any atom is -0.382 e. The topological polar surface area (TPSA) is 81.2 Å². The summed E-state index contributed by atoms with van der Waals surface area (Å²) in [6.45, 7) is 1.92. The van der Waals surface area contributed by atoms with E-state index in [4.69, 9.17) is 5.73 Å². The van der Waals surface area contributed by atoms with E-state index in [-0.39, 0.29) is 16.7 Å². The lowest BCUT2D eigenvalue weighted by Crippen LogP contribution is -2.20. The highest BCUT2D eigenvalue weighted by atomic mass is 16.6. The van der Waals surface area contributed by atoms with Gasteiger partial charge >= 0.3 is 0 Å². The fraction of sp³-hybridized carbons (Fsp3) is 0.538. The van der Waals surface area contributed by atoms with Crippen molar-refractivity contribution in [1.82, 2.24) is 0 Å². The molecule has 0 spiro atoms. The molecule has 0 amide bonds. The molecule has 0 aliphatic heterocycles. The minimum atomic E-state index is -0.315. The molecule has 2 rings (SSSR count). The van der Waals surface area contributed by atoms with Crippen molar-refractivity contribution in [2.75, 3.05) is 5.32 Å². The third-order valence-corrected chi connectivity index (χ3v) is 3.51. The van der Waals surface area contributed by atoms with Gasteiger partial charge in [0.1, 0.15) is 0 Å². The van der Waals surface area contributed by atoms with E-state index in [1.165, 1.54) is 0 Å². The Kier molecular flexibility index (Phi) is 3.81. The molecule has 1 aromatic carbocycles. The van der Waals surface area contributed by atoms with Gasteiger partial charge in [0.15, 0.2) is 0 Å². The standard InChI is InChI=1S/C13H19N3O2/c1-2-9-3-5-12(8-13(9)16(17)18)15-11-6-4-10(14)7-11/h3,5,8,10-11,15H,2,4,6-7,14H2,1H3. The summed E-state index contributed by atoms with van der Waals surface area (Å²) in [7, 11) is 0. The summed E-state index contributed by atoms with van der Waals surface area (Å²) in [5, 5.41) is 14.3. The number of aryl methyl sites for hydroxylation is 1. The molecule has 1 aliphatic carbocycles. The molecule has 0 heterocycles. The van der Waals surface area contributed by atoms with E-state index in [2.05, 4.69) is 5.32 Å². The van der Waals surface area contributed by atoms with Crippen LogP contribution in [0.1, 0.15) is 31.7 Å². The second-order valence-electron chi connectivity index (χ2n) is 4.87. The van der Waals surface area contributed by atoms with E-state index in [9.17, 15) is 10.1 Å². The van der Waals surface area contributed by atoms with Gasteiger partial charge in [-0.2, -0.15) is 0 Å². The van der Waals surface area contributed by atoms with Crippen LogP contribution in [0.25, 0.3) is 0 Å². The average molecular weight is 249 g/mol. The van der Waals surface area contributed by atoms with Gasteiger partial charge in [-0.3, -0.25) is 10.1 Å².